The number of aromatic nitrogens is 4. The smallest absolute Gasteiger partial charge is 0.255 e. The number of amides is 2. The standard InChI is InChI=1S/2C34H31FN4O2/c2*1-38-16-14-23(15-17-38)21-6-8-22(9-7-21)24-10-11-25-20-39(34(41)27(25)18-24)32(28-19-26(35)12-13-31(28)40)33-36-29-4-2-3-5-30(29)37-33/h2*2-13,18-19,23,32,40H,14-17,20H2,1H3,(H,36,37)/t2*32-/m10/s1. The maximum absolute atomic E-state index is 14.4. The van der Waals surface area contributed by atoms with E-state index >= 15 is 0 Å². The molecule has 4 N–H and O–H groups in total. The molecule has 412 valence electrons. The Morgan fingerprint density at radius 2 is 0.854 bits per heavy atom. The number of phenolic OH excluding ortho intramolecular Hbond substituents is 2. The Labute approximate surface area is 474 Å². The number of aromatic amines is 2. The molecule has 14 heteroatoms. The molecule has 0 bridgehead atoms. The summed E-state index contributed by atoms with van der Waals surface area (Å²) < 4.78 is 28.9. The Kier molecular flexibility index (Phi) is 13.9. The summed E-state index contributed by atoms with van der Waals surface area (Å²) in [5.41, 5.74) is 13.5. The number of halogens is 2. The first-order valence-electron chi connectivity index (χ1n) is 28.2. The number of carbonyl (C=O) groups excluding carboxylic acids is 2. The molecule has 4 aliphatic rings. The molecule has 4 aliphatic heterocycles. The van der Waals surface area contributed by atoms with E-state index in [0.717, 1.165) is 81.6 Å². The van der Waals surface area contributed by atoms with Gasteiger partial charge in [-0.15, -0.1) is 0 Å². The van der Waals surface area contributed by atoms with Crippen LogP contribution in [-0.4, -0.2) is 102 Å². The van der Waals surface area contributed by atoms with Crippen molar-refractivity contribution >= 4 is 33.9 Å². The van der Waals surface area contributed by atoms with Crippen molar-refractivity contribution in [3.05, 3.63) is 238 Å². The number of imidazole rings is 2. The molecule has 2 amide bonds. The molecule has 2 aromatic heterocycles. The lowest BCUT2D eigenvalue weighted by Crippen LogP contribution is -2.31. The van der Waals surface area contributed by atoms with Crippen LogP contribution in [0, 0.1) is 11.6 Å². The van der Waals surface area contributed by atoms with Crippen LogP contribution in [0.5, 0.6) is 11.5 Å². The second-order valence-corrected chi connectivity index (χ2v) is 22.5. The molecule has 2 atom stereocenters. The zero-order valence-corrected chi connectivity index (χ0v) is 45.7. The molecule has 0 unspecified atom stereocenters. The monoisotopic (exact) mass is 1090 g/mol. The molecule has 0 aliphatic carbocycles. The fourth-order valence-electron chi connectivity index (χ4n) is 12.6. The van der Waals surface area contributed by atoms with Gasteiger partial charge in [-0.25, -0.2) is 18.7 Å². The van der Waals surface area contributed by atoms with Crippen molar-refractivity contribution in [3.63, 3.8) is 0 Å². The van der Waals surface area contributed by atoms with E-state index in [1.165, 1.54) is 73.2 Å². The number of carbonyl (C=O) groups is 2. The Bertz CT molecular complexity index is 3700. The molecule has 2 fully saturated rings. The van der Waals surface area contributed by atoms with Crippen molar-refractivity contribution < 1.29 is 28.6 Å². The number of hydrogen-bond acceptors (Lipinski definition) is 8. The summed E-state index contributed by atoms with van der Waals surface area (Å²) in [5, 5.41) is 21.6. The highest BCUT2D eigenvalue weighted by Crippen LogP contribution is 2.43. The lowest BCUT2D eigenvalue weighted by molar-refractivity contribution is 0.0716. The highest BCUT2D eigenvalue weighted by atomic mass is 19.1. The molecule has 0 spiro atoms. The third-order valence-corrected chi connectivity index (χ3v) is 17.3. The van der Waals surface area contributed by atoms with Gasteiger partial charge in [-0.2, -0.15) is 0 Å². The number of H-pyrrole nitrogens is 2. The molecule has 6 heterocycles. The second-order valence-electron chi connectivity index (χ2n) is 22.5. The van der Waals surface area contributed by atoms with E-state index in [9.17, 15) is 28.6 Å². The number of likely N-dealkylation sites (tertiary alicyclic amines) is 2. The third kappa shape index (κ3) is 10.2. The number of piperidine rings is 2. The van der Waals surface area contributed by atoms with Crippen LogP contribution in [0.15, 0.2) is 170 Å². The van der Waals surface area contributed by atoms with Gasteiger partial charge >= 0.3 is 0 Å². The third-order valence-electron chi connectivity index (χ3n) is 17.3. The summed E-state index contributed by atoms with van der Waals surface area (Å²) >= 11 is 0. The molecular weight excluding hydrogens is 1030 g/mol. The van der Waals surface area contributed by atoms with Crippen LogP contribution in [0.4, 0.5) is 8.78 Å². The summed E-state index contributed by atoms with van der Waals surface area (Å²) in [6.07, 6.45) is 4.69. The molecule has 0 saturated carbocycles. The number of fused-ring (bicyclic) bond motifs is 4. The van der Waals surface area contributed by atoms with Crippen LogP contribution < -0.4 is 0 Å². The summed E-state index contributed by atoms with van der Waals surface area (Å²) in [6, 6.07) is 50.6. The Morgan fingerprint density at radius 3 is 1.24 bits per heavy atom. The summed E-state index contributed by atoms with van der Waals surface area (Å²) in [4.78, 5) is 52.1. The van der Waals surface area contributed by atoms with E-state index in [1.54, 1.807) is 9.80 Å². The average Bonchev–Trinajstić information content (AvgIpc) is 4.48. The number of aromatic hydroxyl groups is 2. The van der Waals surface area contributed by atoms with Crippen molar-refractivity contribution in [2.45, 2.75) is 62.7 Å². The minimum Gasteiger partial charge on any atom is -0.508 e. The number of nitrogens with zero attached hydrogens (tertiary/aromatic N) is 6. The fraction of sp³-hybridized carbons (Fsp3) is 0.235. The van der Waals surface area contributed by atoms with E-state index in [1.807, 2.05) is 72.8 Å². The van der Waals surface area contributed by atoms with Gasteiger partial charge in [-0.05, 0) is 195 Å². The minimum atomic E-state index is -0.796. The molecule has 8 aromatic carbocycles. The lowest BCUT2D eigenvalue weighted by Gasteiger charge is -2.29. The first-order valence-corrected chi connectivity index (χ1v) is 28.2. The van der Waals surface area contributed by atoms with E-state index in [-0.39, 0.29) is 34.4 Å². The van der Waals surface area contributed by atoms with Crippen LogP contribution in [0.25, 0.3) is 44.3 Å². The van der Waals surface area contributed by atoms with Gasteiger partial charge in [0.25, 0.3) is 11.8 Å². The SMILES string of the molecule is CN1CCC(c2ccc(-c3ccc4c(c3)C(=O)N([C@@H](c3nc5ccccc5[nH]3)c3cc(F)ccc3O)C4)cc2)CC1.CN1CCC(c2ccc(-c3ccc4c(c3)C(=O)N([C@H](c3nc5ccccc5[nH]3)c3cc(F)ccc3O)C4)cc2)CC1. The van der Waals surface area contributed by atoms with Gasteiger partial charge in [0.2, 0.25) is 0 Å². The number of rotatable bonds is 10. The first-order chi connectivity index (χ1) is 39.9. The Balaban J connectivity index is 0.000000154. The highest BCUT2D eigenvalue weighted by Gasteiger charge is 2.40. The van der Waals surface area contributed by atoms with Crippen molar-refractivity contribution in [1.29, 1.82) is 0 Å². The number of nitrogens with one attached hydrogen (secondary N) is 2. The minimum absolute atomic E-state index is 0.0917. The van der Waals surface area contributed by atoms with Crippen LogP contribution in [0.1, 0.15) is 115 Å². The zero-order valence-electron chi connectivity index (χ0n) is 45.7. The van der Waals surface area contributed by atoms with Gasteiger partial charge in [0.05, 0.1) is 22.1 Å². The largest absolute Gasteiger partial charge is 0.508 e. The predicted octanol–water partition coefficient (Wildman–Crippen LogP) is 13.3. The van der Waals surface area contributed by atoms with Gasteiger partial charge in [0, 0.05) is 35.3 Å². The molecule has 14 rings (SSSR count). The van der Waals surface area contributed by atoms with Crippen LogP contribution in [0.2, 0.25) is 0 Å². The quantitative estimate of drug-likeness (QED) is 0.106. The molecule has 2 saturated heterocycles. The van der Waals surface area contributed by atoms with Crippen molar-refractivity contribution in [2.24, 2.45) is 0 Å². The Morgan fingerprint density at radius 1 is 0.476 bits per heavy atom. The molecule has 12 nitrogen and oxygen atoms in total. The topological polar surface area (TPSA) is 145 Å². The summed E-state index contributed by atoms with van der Waals surface area (Å²) in [7, 11) is 4.35. The van der Waals surface area contributed by atoms with Crippen molar-refractivity contribution in [3.8, 4) is 33.8 Å². The van der Waals surface area contributed by atoms with E-state index in [4.69, 9.17) is 9.97 Å². The summed E-state index contributed by atoms with van der Waals surface area (Å²) in [6.45, 7) is 5.13. The van der Waals surface area contributed by atoms with Gasteiger partial charge in [0.15, 0.2) is 0 Å². The van der Waals surface area contributed by atoms with Gasteiger partial charge < -0.3 is 39.8 Å². The second kappa shape index (κ2) is 21.8. The average molecular weight is 1090 g/mol. The van der Waals surface area contributed by atoms with Crippen molar-refractivity contribution in [1.82, 2.24) is 39.5 Å². The highest BCUT2D eigenvalue weighted by molar-refractivity contribution is 6.01. The predicted molar refractivity (Wildman–Crippen MR) is 314 cm³/mol. The summed E-state index contributed by atoms with van der Waals surface area (Å²) in [5.74, 6) is 0.587. The molecule has 10 aromatic rings. The van der Waals surface area contributed by atoms with Gasteiger partial charge in [-0.1, -0.05) is 97.1 Å². The molecule has 0 radical (unpaired) electrons. The lowest BCUT2D eigenvalue weighted by atomic mass is 9.88. The number of phenols is 2. The first kappa shape index (κ1) is 52.4. The maximum Gasteiger partial charge on any atom is 0.255 e. The van der Waals surface area contributed by atoms with E-state index in [0.29, 0.717) is 47.7 Å². The van der Waals surface area contributed by atoms with Gasteiger partial charge in [0.1, 0.15) is 46.9 Å². The van der Waals surface area contributed by atoms with Crippen LogP contribution in [-0.2, 0) is 13.1 Å². The zero-order chi connectivity index (χ0) is 56.2. The maximum atomic E-state index is 14.4. The van der Waals surface area contributed by atoms with E-state index < -0.39 is 23.7 Å². The number of hydrogen-bond donors (Lipinski definition) is 4. The fourth-order valence-corrected chi connectivity index (χ4v) is 12.6. The number of benzene rings is 8. The van der Waals surface area contributed by atoms with E-state index in [2.05, 4.69) is 94.5 Å². The van der Waals surface area contributed by atoms with Crippen LogP contribution >= 0.6 is 0 Å². The Hall–Kier alpha value is -8.98. The number of para-hydroxylation sites is 4. The molecule has 82 heavy (non-hydrogen) atoms. The van der Waals surface area contributed by atoms with Crippen LogP contribution in [0.3, 0.4) is 0 Å². The normalized spacial score (nSPS) is 16.8. The van der Waals surface area contributed by atoms with Gasteiger partial charge in [-0.3, -0.25) is 9.59 Å². The van der Waals surface area contributed by atoms with Crippen molar-refractivity contribution in [2.75, 3.05) is 40.3 Å². The molecular formula is C68H62F2N8O4.